The van der Waals surface area contributed by atoms with Crippen molar-refractivity contribution < 1.29 is 9.84 Å². The Hall–Kier alpha value is -0.680. The van der Waals surface area contributed by atoms with E-state index in [4.69, 9.17) is 4.74 Å². The lowest BCUT2D eigenvalue weighted by atomic mass is 9.93. The summed E-state index contributed by atoms with van der Waals surface area (Å²) in [4.78, 5) is 4.77. The molecule has 1 aliphatic heterocycles. The Kier molecular flexibility index (Phi) is 11.4. The standard InChI is InChI=1S/C17H28N2O2.2ClH/c1-18(2)10-7-15-8-11-19(12-9-15)13-14-21-17-5-3-16(20)4-6-17;;/h3-6,15,20H,7-14H2,1-2H3;2*1H. The zero-order valence-electron chi connectivity index (χ0n) is 14.1. The molecule has 0 aliphatic carbocycles. The van der Waals surface area contributed by atoms with Crippen molar-refractivity contribution in [3.05, 3.63) is 24.3 Å². The monoisotopic (exact) mass is 364 g/mol. The minimum atomic E-state index is 0. The fourth-order valence-corrected chi connectivity index (χ4v) is 2.77. The molecular formula is C17H30Cl2N2O2. The Balaban J connectivity index is 0.00000242. The Morgan fingerprint density at radius 2 is 1.74 bits per heavy atom. The number of halogens is 2. The van der Waals surface area contributed by atoms with Crippen molar-refractivity contribution in [1.29, 1.82) is 0 Å². The fraction of sp³-hybridized carbons (Fsp3) is 0.647. The van der Waals surface area contributed by atoms with Gasteiger partial charge >= 0.3 is 0 Å². The Bertz CT molecular complexity index is 408. The predicted octanol–water partition coefficient (Wildman–Crippen LogP) is 3.28. The van der Waals surface area contributed by atoms with E-state index in [1.54, 1.807) is 12.1 Å². The first kappa shape index (κ1) is 22.3. The molecule has 4 nitrogen and oxygen atoms in total. The number of hydrogen-bond donors (Lipinski definition) is 1. The van der Waals surface area contributed by atoms with Crippen molar-refractivity contribution >= 4 is 24.8 Å². The van der Waals surface area contributed by atoms with E-state index in [-0.39, 0.29) is 30.6 Å². The summed E-state index contributed by atoms with van der Waals surface area (Å²) in [6, 6.07) is 6.93. The number of rotatable bonds is 7. The minimum Gasteiger partial charge on any atom is -0.508 e. The molecule has 134 valence electrons. The first-order valence-corrected chi connectivity index (χ1v) is 7.92. The van der Waals surface area contributed by atoms with Crippen LogP contribution in [0.3, 0.4) is 0 Å². The minimum absolute atomic E-state index is 0. The summed E-state index contributed by atoms with van der Waals surface area (Å²) in [5.74, 6) is 2.00. The maximum atomic E-state index is 9.22. The summed E-state index contributed by atoms with van der Waals surface area (Å²) >= 11 is 0. The normalized spacial score (nSPS) is 15.8. The molecule has 1 heterocycles. The first-order valence-electron chi connectivity index (χ1n) is 7.92. The summed E-state index contributed by atoms with van der Waals surface area (Å²) in [5, 5.41) is 9.22. The first-order chi connectivity index (χ1) is 10.1. The lowest BCUT2D eigenvalue weighted by molar-refractivity contribution is 0.147. The number of hydrogen-bond acceptors (Lipinski definition) is 4. The van der Waals surface area contributed by atoms with Gasteiger partial charge in [0, 0.05) is 6.54 Å². The molecule has 0 radical (unpaired) electrons. The van der Waals surface area contributed by atoms with Crippen molar-refractivity contribution in [3.8, 4) is 11.5 Å². The van der Waals surface area contributed by atoms with Crippen molar-refractivity contribution in [3.63, 3.8) is 0 Å². The maximum absolute atomic E-state index is 9.22. The number of phenols is 1. The zero-order chi connectivity index (χ0) is 15.1. The van der Waals surface area contributed by atoms with Crippen molar-refractivity contribution in [2.45, 2.75) is 19.3 Å². The molecule has 1 saturated heterocycles. The van der Waals surface area contributed by atoms with Gasteiger partial charge in [0.2, 0.25) is 0 Å². The Labute approximate surface area is 152 Å². The van der Waals surface area contributed by atoms with Gasteiger partial charge in [-0.15, -0.1) is 24.8 Å². The zero-order valence-corrected chi connectivity index (χ0v) is 15.7. The highest BCUT2D eigenvalue weighted by molar-refractivity contribution is 5.85. The number of nitrogens with zero attached hydrogens (tertiary/aromatic N) is 2. The van der Waals surface area contributed by atoms with E-state index in [0.717, 1.165) is 18.2 Å². The van der Waals surface area contributed by atoms with Crippen LogP contribution >= 0.6 is 24.8 Å². The van der Waals surface area contributed by atoms with Crippen molar-refractivity contribution in [1.82, 2.24) is 9.80 Å². The van der Waals surface area contributed by atoms with Crippen LogP contribution in [0.2, 0.25) is 0 Å². The van der Waals surface area contributed by atoms with Gasteiger partial charge in [-0.3, -0.25) is 4.90 Å². The van der Waals surface area contributed by atoms with Crippen LogP contribution < -0.4 is 4.74 Å². The third-order valence-corrected chi connectivity index (χ3v) is 4.20. The van der Waals surface area contributed by atoms with Crippen LogP contribution in [-0.4, -0.2) is 61.8 Å². The third kappa shape index (κ3) is 8.66. The lowest BCUT2D eigenvalue weighted by Crippen LogP contribution is -2.37. The maximum Gasteiger partial charge on any atom is 0.119 e. The van der Waals surface area contributed by atoms with Gasteiger partial charge in [0.1, 0.15) is 18.1 Å². The Morgan fingerprint density at radius 1 is 1.13 bits per heavy atom. The molecule has 1 aromatic carbocycles. The molecule has 0 aromatic heterocycles. The second kappa shape index (κ2) is 11.8. The molecule has 2 rings (SSSR count). The van der Waals surface area contributed by atoms with Gasteiger partial charge in [-0.05, 0) is 83.2 Å². The lowest BCUT2D eigenvalue weighted by Gasteiger charge is -2.32. The van der Waals surface area contributed by atoms with E-state index < -0.39 is 0 Å². The van der Waals surface area contributed by atoms with E-state index in [1.165, 1.54) is 38.9 Å². The van der Waals surface area contributed by atoms with Crippen molar-refractivity contribution in [2.24, 2.45) is 5.92 Å². The molecule has 23 heavy (non-hydrogen) atoms. The van der Waals surface area contributed by atoms with Gasteiger partial charge < -0.3 is 14.7 Å². The molecule has 0 spiro atoms. The molecule has 6 heteroatoms. The predicted molar refractivity (Wildman–Crippen MR) is 100 cm³/mol. The van der Waals surface area contributed by atoms with Crippen molar-refractivity contribution in [2.75, 3.05) is 46.9 Å². The second-order valence-corrected chi connectivity index (χ2v) is 6.22. The number of piperidine rings is 1. The largest absolute Gasteiger partial charge is 0.508 e. The van der Waals surface area contributed by atoms with Gasteiger partial charge in [0.15, 0.2) is 0 Å². The van der Waals surface area contributed by atoms with E-state index in [9.17, 15) is 5.11 Å². The van der Waals surface area contributed by atoms with Crippen LogP contribution in [0.15, 0.2) is 24.3 Å². The van der Waals surface area contributed by atoms with Gasteiger partial charge in [0.05, 0.1) is 0 Å². The molecule has 0 atom stereocenters. The van der Waals surface area contributed by atoms with E-state index in [1.807, 2.05) is 12.1 Å². The molecule has 0 unspecified atom stereocenters. The molecule has 0 bridgehead atoms. The summed E-state index contributed by atoms with van der Waals surface area (Å²) in [7, 11) is 4.30. The van der Waals surface area contributed by atoms with Gasteiger partial charge in [0.25, 0.3) is 0 Å². The van der Waals surface area contributed by atoms with Crippen LogP contribution in [0.4, 0.5) is 0 Å². The molecule has 1 N–H and O–H groups in total. The average molecular weight is 365 g/mol. The van der Waals surface area contributed by atoms with Crippen LogP contribution in [0.1, 0.15) is 19.3 Å². The average Bonchev–Trinajstić information content (AvgIpc) is 2.48. The van der Waals surface area contributed by atoms with E-state index in [0.29, 0.717) is 6.61 Å². The highest BCUT2D eigenvalue weighted by Crippen LogP contribution is 2.20. The number of benzene rings is 1. The summed E-state index contributed by atoms with van der Waals surface area (Å²) in [6.45, 7) is 5.29. The van der Waals surface area contributed by atoms with E-state index in [2.05, 4.69) is 23.9 Å². The summed E-state index contributed by atoms with van der Waals surface area (Å²) < 4.78 is 5.71. The topological polar surface area (TPSA) is 35.9 Å². The summed E-state index contributed by atoms with van der Waals surface area (Å²) in [6.07, 6.45) is 3.95. The Morgan fingerprint density at radius 3 is 2.30 bits per heavy atom. The smallest absolute Gasteiger partial charge is 0.119 e. The third-order valence-electron chi connectivity index (χ3n) is 4.20. The number of likely N-dealkylation sites (tertiary alicyclic amines) is 1. The van der Waals surface area contributed by atoms with E-state index >= 15 is 0 Å². The van der Waals surface area contributed by atoms with Gasteiger partial charge in [-0.25, -0.2) is 0 Å². The fourth-order valence-electron chi connectivity index (χ4n) is 2.77. The molecule has 1 fully saturated rings. The van der Waals surface area contributed by atoms with Crippen LogP contribution in [0, 0.1) is 5.92 Å². The SMILES string of the molecule is CN(C)CCC1CCN(CCOc2ccc(O)cc2)CC1.Cl.Cl. The van der Waals surface area contributed by atoms with Gasteiger partial charge in [-0.2, -0.15) is 0 Å². The van der Waals surface area contributed by atoms with Crippen LogP contribution in [0.25, 0.3) is 0 Å². The number of aromatic hydroxyl groups is 1. The number of ether oxygens (including phenoxy) is 1. The van der Waals surface area contributed by atoms with Crippen LogP contribution in [-0.2, 0) is 0 Å². The second-order valence-electron chi connectivity index (χ2n) is 6.22. The highest BCUT2D eigenvalue weighted by Gasteiger charge is 2.18. The van der Waals surface area contributed by atoms with Gasteiger partial charge in [-0.1, -0.05) is 0 Å². The summed E-state index contributed by atoms with van der Waals surface area (Å²) in [5.41, 5.74) is 0. The number of phenolic OH excluding ortho intramolecular Hbond substituents is 1. The molecule has 0 amide bonds. The highest BCUT2D eigenvalue weighted by atomic mass is 35.5. The molecule has 0 saturated carbocycles. The quantitative estimate of drug-likeness (QED) is 0.805. The van der Waals surface area contributed by atoms with Crippen LogP contribution in [0.5, 0.6) is 11.5 Å². The molecule has 1 aromatic rings. The molecule has 1 aliphatic rings. The molecular weight excluding hydrogens is 335 g/mol.